The van der Waals surface area contributed by atoms with E-state index < -0.39 is 18.0 Å². The van der Waals surface area contributed by atoms with Crippen LogP contribution in [-0.2, 0) is 9.59 Å². The molecule has 20 heavy (non-hydrogen) atoms. The van der Waals surface area contributed by atoms with E-state index in [0.717, 1.165) is 12.8 Å². The Bertz CT molecular complexity index is 374. The van der Waals surface area contributed by atoms with Crippen LogP contribution >= 0.6 is 0 Å². The lowest BCUT2D eigenvalue weighted by Gasteiger charge is -2.34. The van der Waals surface area contributed by atoms with E-state index in [4.69, 9.17) is 16.6 Å². The average Bonchev–Trinajstić information content (AvgIpc) is 2.42. The smallest absolute Gasteiger partial charge is 0.312 e. The maximum absolute atomic E-state index is 12.1. The fourth-order valence-electron chi connectivity index (χ4n) is 2.31. The Hall–Kier alpha value is -1.83. The third-order valence-electron chi connectivity index (χ3n) is 3.38. The predicted molar refractivity (Wildman–Crippen MR) is 71.7 cm³/mol. The van der Waals surface area contributed by atoms with Gasteiger partial charge < -0.3 is 26.8 Å². The fraction of sp³-hybridized carbons (Fsp3) is 0.750. The van der Waals surface area contributed by atoms with E-state index in [-0.39, 0.29) is 24.7 Å². The first-order valence-corrected chi connectivity index (χ1v) is 6.69. The zero-order chi connectivity index (χ0) is 15.1. The highest BCUT2D eigenvalue weighted by Crippen LogP contribution is 2.17. The number of hydrogen-bond acceptors (Lipinski definition) is 4. The zero-order valence-electron chi connectivity index (χ0n) is 11.4. The van der Waals surface area contributed by atoms with Gasteiger partial charge in [0.25, 0.3) is 0 Å². The number of carbonyl (C=O) groups is 3. The number of nitrogens with two attached hydrogens (primary N) is 2. The van der Waals surface area contributed by atoms with Crippen LogP contribution in [0.25, 0.3) is 0 Å². The minimum absolute atomic E-state index is 0.118. The van der Waals surface area contributed by atoms with Gasteiger partial charge in [-0.1, -0.05) is 0 Å². The summed E-state index contributed by atoms with van der Waals surface area (Å²) in [6.07, 6.45) is 1.76. The van der Waals surface area contributed by atoms with Crippen molar-refractivity contribution in [2.24, 2.45) is 17.4 Å². The van der Waals surface area contributed by atoms with Gasteiger partial charge in [0.05, 0.1) is 6.04 Å². The molecule has 6 N–H and O–H groups in total. The number of aliphatic carboxylic acids is 1. The van der Waals surface area contributed by atoms with E-state index in [1.165, 1.54) is 0 Å². The standard InChI is InChI=1S/C12H22N4O4/c13-9(3-4-10(17)18)11(19)16-5-1-2-8(7-16)6-15-12(14)20/h8-9H,1-7,13H2,(H,17,18)(H3,14,15,20). The number of carboxylic acids is 1. The van der Waals surface area contributed by atoms with E-state index in [1.54, 1.807) is 4.90 Å². The SMILES string of the molecule is NC(=O)NCC1CCCN(C(=O)C(N)CCC(=O)O)C1. The maximum atomic E-state index is 12.1. The van der Waals surface area contributed by atoms with Gasteiger partial charge in [0.15, 0.2) is 0 Å². The monoisotopic (exact) mass is 286 g/mol. The van der Waals surface area contributed by atoms with Crippen LogP contribution in [0.2, 0.25) is 0 Å². The second-order valence-corrected chi connectivity index (χ2v) is 5.08. The van der Waals surface area contributed by atoms with Crippen LogP contribution in [0.1, 0.15) is 25.7 Å². The number of amides is 3. The van der Waals surface area contributed by atoms with Gasteiger partial charge in [0, 0.05) is 26.1 Å². The summed E-state index contributed by atoms with van der Waals surface area (Å²) in [5, 5.41) is 11.1. The van der Waals surface area contributed by atoms with Crippen molar-refractivity contribution in [3.05, 3.63) is 0 Å². The summed E-state index contributed by atoms with van der Waals surface area (Å²) in [5.74, 6) is -1.03. The molecule has 0 bridgehead atoms. The highest BCUT2D eigenvalue weighted by atomic mass is 16.4. The largest absolute Gasteiger partial charge is 0.481 e. The lowest BCUT2D eigenvalue weighted by molar-refractivity contribution is -0.138. The van der Waals surface area contributed by atoms with Crippen molar-refractivity contribution in [1.82, 2.24) is 10.2 Å². The normalized spacial score (nSPS) is 20.2. The van der Waals surface area contributed by atoms with Crippen molar-refractivity contribution >= 4 is 17.9 Å². The van der Waals surface area contributed by atoms with E-state index in [1.807, 2.05) is 0 Å². The van der Waals surface area contributed by atoms with Gasteiger partial charge in [-0.2, -0.15) is 0 Å². The molecular formula is C12H22N4O4. The zero-order valence-corrected chi connectivity index (χ0v) is 11.4. The van der Waals surface area contributed by atoms with Crippen molar-refractivity contribution in [3.8, 4) is 0 Å². The molecule has 0 aliphatic carbocycles. The molecule has 2 atom stereocenters. The maximum Gasteiger partial charge on any atom is 0.312 e. The molecule has 1 rings (SSSR count). The molecule has 1 aliphatic heterocycles. The van der Waals surface area contributed by atoms with Gasteiger partial charge in [-0.05, 0) is 25.2 Å². The van der Waals surface area contributed by atoms with Gasteiger partial charge >= 0.3 is 12.0 Å². The van der Waals surface area contributed by atoms with Gasteiger partial charge in [-0.3, -0.25) is 9.59 Å². The Morgan fingerprint density at radius 2 is 2.10 bits per heavy atom. The van der Waals surface area contributed by atoms with Crippen molar-refractivity contribution in [2.75, 3.05) is 19.6 Å². The third kappa shape index (κ3) is 5.43. The predicted octanol–water partition coefficient (Wildman–Crippen LogP) is -0.915. The molecule has 0 radical (unpaired) electrons. The molecule has 114 valence electrons. The second kappa shape index (κ2) is 7.68. The number of hydrogen-bond donors (Lipinski definition) is 4. The number of urea groups is 1. The Morgan fingerprint density at radius 3 is 2.70 bits per heavy atom. The first kappa shape index (κ1) is 16.2. The van der Waals surface area contributed by atoms with Crippen LogP contribution in [0.4, 0.5) is 4.79 Å². The Morgan fingerprint density at radius 1 is 1.40 bits per heavy atom. The summed E-state index contributed by atoms with van der Waals surface area (Å²) < 4.78 is 0. The van der Waals surface area contributed by atoms with Gasteiger partial charge in [-0.25, -0.2) is 4.79 Å². The van der Waals surface area contributed by atoms with E-state index in [9.17, 15) is 14.4 Å². The molecule has 0 aromatic rings. The molecule has 1 saturated heterocycles. The molecule has 8 heteroatoms. The molecule has 0 aromatic heterocycles. The van der Waals surface area contributed by atoms with Crippen LogP contribution in [-0.4, -0.2) is 53.6 Å². The topological polar surface area (TPSA) is 139 Å². The molecule has 2 unspecified atom stereocenters. The van der Waals surface area contributed by atoms with Crippen molar-refractivity contribution in [3.63, 3.8) is 0 Å². The molecule has 1 heterocycles. The number of piperidine rings is 1. The third-order valence-corrected chi connectivity index (χ3v) is 3.38. The summed E-state index contributed by atoms with van der Waals surface area (Å²) >= 11 is 0. The molecule has 0 aromatic carbocycles. The molecule has 0 saturated carbocycles. The van der Waals surface area contributed by atoms with E-state index in [2.05, 4.69) is 5.32 Å². The summed E-state index contributed by atoms with van der Waals surface area (Å²) in [4.78, 5) is 34.9. The quantitative estimate of drug-likeness (QED) is 0.500. The average molecular weight is 286 g/mol. The summed E-state index contributed by atoms with van der Waals surface area (Å²) in [6, 6.07) is -1.36. The van der Waals surface area contributed by atoms with Crippen LogP contribution in [0.3, 0.4) is 0 Å². The Balaban J connectivity index is 2.42. The molecule has 3 amide bonds. The van der Waals surface area contributed by atoms with Gasteiger partial charge in [-0.15, -0.1) is 0 Å². The molecule has 0 spiro atoms. The van der Waals surface area contributed by atoms with Crippen LogP contribution in [0.5, 0.6) is 0 Å². The highest BCUT2D eigenvalue weighted by molar-refractivity contribution is 5.82. The lowest BCUT2D eigenvalue weighted by atomic mass is 9.97. The van der Waals surface area contributed by atoms with Crippen molar-refractivity contribution in [1.29, 1.82) is 0 Å². The minimum atomic E-state index is -0.963. The molecule has 1 fully saturated rings. The number of rotatable bonds is 6. The fourth-order valence-corrected chi connectivity index (χ4v) is 2.31. The summed E-state index contributed by atoms with van der Waals surface area (Å²) in [7, 11) is 0. The van der Waals surface area contributed by atoms with Crippen molar-refractivity contribution < 1.29 is 19.5 Å². The van der Waals surface area contributed by atoms with Crippen LogP contribution in [0, 0.1) is 5.92 Å². The molecule has 8 nitrogen and oxygen atoms in total. The number of likely N-dealkylation sites (tertiary alicyclic amines) is 1. The Labute approximate surface area is 117 Å². The Kier molecular flexibility index (Phi) is 6.23. The minimum Gasteiger partial charge on any atom is -0.481 e. The van der Waals surface area contributed by atoms with E-state index >= 15 is 0 Å². The van der Waals surface area contributed by atoms with Gasteiger partial charge in [0.1, 0.15) is 0 Å². The lowest BCUT2D eigenvalue weighted by Crippen LogP contribution is -2.50. The number of carboxylic acid groups (broad SMARTS) is 1. The number of nitrogens with zero attached hydrogens (tertiary/aromatic N) is 1. The van der Waals surface area contributed by atoms with Crippen LogP contribution < -0.4 is 16.8 Å². The second-order valence-electron chi connectivity index (χ2n) is 5.08. The summed E-state index contributed by atoms with van der Waals surface area (Å²) in [6.45, 7) is 1.57. The number of primary amides is 1. The molecular weight excluding hydrogens is 264 g/mol. The molecule has 1 aliphatic rings. The van der Waals surface area contributed by atoms with Gasteiger partial charge in [0.2, 0.25) is 5.91 Å². The highest BCUT2D eigenvalue weighted by Gasteiger charge is 2.27. The van der Waals surface area contributed by atoms with E-state index in [0.29, 0.717) is 19.6 Å². The summed E-state index contributed by atoms with van der Waals surface area (Å²) in [5.41, 5.74) is 10.7. The first-order chi connectivity index (χ1) is 9.40. The van der Waals surface area contributed by atoms with Crippen LogP contribution in [0.15, 0.2) is 0 Å². The van der Waals surface area contributed by atoms with Crippen molar-refractivity contribution in [2.45, 2.75) is 31.7 Å². The first-order valence-electron chi connectivity index (χ1n) is 6.69. The number of nitrogens with one attached hydrogen (secondary N) is 1. The number of carbonyl (C=O) groups excluding carboxylic acids is 2.